The highest BCUT2D eigenvalue weighted by Crippen LogP contribution is 2.54. The summed E-state index contributed by atoms with van der Waals surface area (Å²) in [6.45, 7) is 17.3. The van der Waals surface area contributed by atoms with Crippen molar-refractivity contribution in [3.63, 3.8) is 0 Å². The van der Waals surface area contributed by atoms with Crippen molar-refractivity contribution in [1.82, 2.24) is 9.80 Å². The van der Waals surface area contributed by atoms with Crippen LogP contribution in [0.3, 0.4) is 0 Å². The molecule has 3 saturated heterocycles. The molecule has 7 rings (SSSR count). The molecule has 1 amide bonds. The number of phenolic OH excluding ortho intramolecular Hbond substituents is 1. The van der Waals surface area contributed by atoms with E-state index in [0.29, 0.717) is 24.3 Å². The fourth-order valence-corrected chi connectivity index (χ4v) is 14.6. The largest absolute Gasteiger partial charge is 0.508 e. The predicted molar refractivity (Wildman–Crippen MR) is 331 cm³/mol. The van der Waals surface area contributed by atoms with Gasteiger partial charge in [0.1, 0.15) is 46.8 Å². The summed E-state index contributed by atoms with van der Waals surface area (Å²) in [4.78, 5) is 63.8. The Morgan fingerprint density at radius 3 is 2.05 bits per heavy atom. The molecular formula is C64H103N5O22. The smallest absolute Gasteiger partial charge is 0.311 e. The van der Waals surface area contributed by atoms with Gasteiger partial charge < -0.3 is 104 Å². The molecule has 0 radical (unpaired) electrons. The average Bonchev–Trinajstić information content (AvgIpc) is 0.702. The molecule has 6 aliphatic rings. The van der Waals surface area contributed by atoms with Gasteiger partial charge >= 0.3 is 5.97 Å². The van der Waals surface area contributed by atoms with Crippen LogP contribution in [-0.4, -0.2) is 257 Å². The number of methoxy groups -OCH3 is 2. The van der Waals surface area contributed by atoms with Gasteiger partial charge in [0.25, 0.3) is 5.91 Å². The maximum atomic E-state index is 14.3. The third-order valence-corrected chi connectivity index (χ3v) is 19.7. The van der Waals surface area contributed by atoms with Crippen LogP contribution in [0.4, 0.5) is 5.69 Å². The van der Waals surface area contributed by atoms with Crippen molar-refractivity contribution >= 4 is 40.6 Å². The van der Waals surface area contributed by atoms with E-state index < -0.39 is 160 Å². The molecule has 11 N–H and O–H groups in total. The average molecular weight is 1290 g/mol. The van der Waals surface area contributed by atoms with Gasteiger partial charge in [0.15, 0.2) is 24.0 Å². The van der Waals surface area contributed by atoms with E-state index in [2.05, 4.69) is 5.16 Å². The number of aliphatic hydroxyl groups is 8. The number of Topliss-reactive ketones (excluding diaryl/α,β-unsaturated/α-hetero) is 2. The van der Waals surface area contributed by atoms with Crippen molar-refractivity contribution in [3.8, 4) is 5.75 Å². The molecule has 0 spiro atoms. The Morgan fingerprint density at radius 2 is 1.48 bits per heavy atom. The topological polar surface area (TPSA) is 382 Å². The summed E-state index contributed by atoms with van der Waals surface area (Å²) in [5.41, 5.74) is -1.35. The maximum Gasteiger partial charge on any atom is 0.311 e. The standard InChI is InChI=1S/C41H76N2O15.C23H27N3O7/c1-15-29-41(10,49)34(45)24(4)31(42-53-21-52-17-16-50-13)22(2)19-39(8,48)36(58-38-32(44)28(43(11)12)18-23(3)54-38)25(5)33(26(6)37(47)56-29)57-30-20-40(9,51-14)35(46)27(7)55-30;1-25(2)12-5-6-13(27)15-10(12)7-9-8-11-17(26(3)4)19(29)16(22(24)32)21(31)23(11,33)20(30)14(9)18(15)28/h22-30,32-36,38,44-46,48-49H,15-21H2,1-14H3;5-6,9,11,17,27-28,31,33H,7-8H2,1-4H3,(H2,24,32)/b42-31+;/t22-,23?,24+,25+,26-,27?,28?,29-,30?,32?,33+,34-,35?,36-,38?,39-,40?,41-;9-,11-,17-,23-/m10/s1. The minimum Gasteiger partial charge on any atom is -0.508 e. The fourth-order valence-electron chi connectivity index (χ4n) is 14.6. The lowest BCUT2D eigenvalue weighted by molar-refractivity contribution is -0.317. The number of aliphatic hydroxyl groups excluding tert-OH is 5. The minimum absolute atomic E-state index is 0.0307. The highest BCUT2D eigenvalue weighted by molar-refractivity contribution is 6.24. The quantitative estimate of drug-likeness (QED) is 0.0373. The second-order valence-electron chi connectivity index (χ2n) is 27.0. The first-order chi connectivity index (χ1) is 42.3. The molecule has 3 aliphatic heterocycles. The second kappa shape index (κ2) is 29.8. The van der Waals surface area contributed by atoms with Gasteiger partial charge in [0, 0.05) is 75.7 Å². The zero-order valence-electron chi connectivity index (χ0n) is 56.1. The van der Waals surface area contributed by atoms with Crippen LogP contribution in [0.15, 0.2) is 34.2 Å². The third kappa shape index (κ3) is 15.1. The van der Waals surface area contributed by atoms with E-state index >= 15 is 0 Å². The highest BCUT2D eigenvalue weighted by atomic mass is 16.7. The molecule has 1 aromatic rings. The van der Waals surface area contributed by atoms with E-state index in [1.54, 1.807) is 75.7 Å². The van der Waals surface area contributed by atoms with Gasteiger partial charge in [-0.15, -0.1) is 0 Å². The number of anilines is 1. The summed E-state index contributed by atoms with van der Waals surface area (Å²) in [5, 5.41) is 107. The van der Waals surface area contributed by atoms with Crippen LogP contribution in [0.25, 0.3) is 5.76 Å². The molecular weight excluding hydrogens is 1190 g/mol. The number of amides is 1. The van der Waals surface area contributed by atoms with Gasteiger partial charge in [-0.1, -0.05) is 32.9 Å². The number of esters is 1. The lowest BCUT2D eigenvalue weighted by Gasteiger charge is -2.50. The van der Waals surface area contributed by atoms with Gasteiger partial charge in [-0.2, -0.15) is 0 Å². The Hall–Kier alpha value is -4.95. The normalized spacial score (nSPS) is 39.8. The predicted octanol–water partition coefficient (Wildman–Crippen LogP) is 2.24. The van der Waals surface area contributed by atoms with Crippen LogP contribution in [0.1, 0.15) is 112 Å². The lowest BCUT2D eigenvalue weighted by atomic mass is 9.57. The lowest BCUT2D eigenvalue weighted by Crippen LogP contribution is -2.65. The van der Waals surface area contributed by atoms with Gasteiger partial charge in [0.05, 0.1) is 78.2 Å². The number of ketones is 2. The number of carbonyl (C=O) groups excluding carboxylic acids is 4. The molecule has 8 unspecified atom stereocenters. The number of ether oxygens (including phenoxy) is 8. The number of primary amides is 1. The van der Waals surface area contributed by atoms with Crippen molar-refractivity contribution < 1.29 is 108 Å². The van der Waals surface area contributed by atoms with Crippen LogP contribution in [-0.2, 0) is 68.3 Å². The number of likely N-dealkylation sites (N-methyl/N-ethyl adjacent to an activating group) is 2. The van der Waals surface area contributed by atoms with Gasteiger partial charge in [-0.25, -0.2) is 0 Å². The van der Waals surface area contributed by atoms with Crippen LogP contribution in [0.5, 0.6) is 5.75 Å². The Kier molecular flexibility index (Phi) is 24.6. The van der Waals surface area contributed by atoms with Gasteiger partial charge in [-0.3, -0.25) is 24.1 Å². The van der Waals surface area contributed by atoms with Crippen molar-refractivity contribution in [3.05, 3.63) is 40.2 Å². The number of oxime groups is 1. The van der Waals surface area contributed by atoms with E-state index in [0.717, 1.165) is 5.69 Å². The first-order valence-corrected chi connectivity index (χ1v) is 31.3. The first-order valence-electron chi connectivity index (χ1n) is 31.3. The van der Waals surface area contributed by atoms with E-state index in [1.807, 2.05) is 51.8 Å². The van der Waals surface area contributed by atoms with Gasteiger partial charge in [0.2, 0.25) is 12.6 Å². The summed E-state index contributed by atoms with van der Waals surface area (Å²) < 4.78 is 48.1. The number of fused-ring (bicyclic) bond motifs is 3. The maximum absolute atomic E-state index is 14.3. The molecule has 3 aliphatic carbocycles. The number of phenols is 1. The van der Waals surface area contributed by atoms with Crippen LogP contribution in [0.2, 0.25) is 0 Å². The monoisotopic (exact) mass is 1290 g/mol. The molecule has 1 aromatic carbocycles. The number of nitrogens with zero attached hydrogens (tertiary/aromatic N) is 4. The number of nitrogens with two attached hydrogens (primary N) is 1. The molecule has 0 bridgehead atoms. The van der Waals surface area contributed by atoms with Crippen LogP contribution < -0.4 is 10.6 Å². The number of rotatable bonds is 16. The number of aromatic hydroxyl groups is 1. The first kappa shape index (κ1) is 75.1. The van der Waals surface area contributed by atoms with Gasteiger partial charge in [-0.05, 0) is 125 Å². The summed E-state index contributed by atoms with van der Waals surface area (Å²) in [7, 11) is 13.5. The molecule has 0 aromatic heterocycles. The minimum atomic E-state index is -2.63. The molecule has 516 valence electrons. The molecule has 91 heavy (non-hydrogen) atoms. The second-order valence-corrected chi connectivity index (χ2v) is 27.0. The zero-order chi connectivity index (χ0) is 68.5. The Labute approximate surface area is 533 Å². The molecule has 4 fully saturated rings. The van der Waals surface area contributed by atoms with Crippen LogP contribution >= 0.6 is 0 Å². The highest BCUT2D eigenvalue weighted by Gasteiger charge is 2.64. The zero-order valence-corrected chi connectivity index (χ0v) is 56.1. The Bertz CT molecular complexity index is 2840. The molecule has 27 heteroatoms. The summed E-state index contributed by atoms with van der Waals surface area (Å²) in [5.74, 6) is -10.7. The number of benzene rings is 1. The Balaban J connectivity index is 0.000000334. The Morgan fingerprint density at radius 1 is 0.835 bits per heavy atom. The van der Waals surface area contributed by atoms with E-state index in [9.17, 15) is 65.1 Å². The van der Waals surface area contributed by atoms with Crippen molar-refractivity contribution in [2.75, 3.05) is 81.4 Å². The summed E-state index contributed by atoms with van der Waals surface area (Å²) in [6, 6.07) is 1.68. The summed E-state index contributed by atoms with van der Waals surface area (Å²) >= 11 is 0. The van der Waals surface area contributed by atoms with E-state index in [-0.39, 0.29) is 74.5 Å². The molecule has 22 atom stereocenters. The third-order valence-electron chi connectivity index (χ3n) is 19.7. The van der Waals surface area contributed by atoms with E-state index in [1.165, 1.54) is 25.0 Å². The SMILES string of the molecule is CC[C@H]1OC(=O)[C@H](C)[C@@H](OC2CC(C)(OC)C(O)C(C)O2)[C@H](C)[C@@H](OC2OC(C)CC(N(C)C)C2O)[C@](C)(O)C[C@@H](C)/C(=N\OCOCCOC)[C@H](C)[C@@H](O)[C@]1(C)O.CN(C)c1ccc(O)c2c1C[C@H]1C[C@H]3[C@H](N(C)C)C(=O)C(C(N)=O)=C(O)[C@@]3(O)C(=O)C1=C2O. The van der Waals surface area contributed by atoms with Crippen molar-refractivity contribution in [2.24, 2.45) is 46.4 Å². The fraction of sp³-hybridized carbons (Fsp3) is 0.766. The molecule has 1 saturated carbocycles. The van der Waals surface area contributed by atoms with Crippen molar-refractivity contribution in [2.45, 2.75) is 204 Å². The van der Waals surface area contributed by atoms with Crippen LogP contribution in [0, 0.1) is 35.5 Å². The number of hydrogen-bond donors (Lipinski definition) is 10. The number of cyclic esters (lactones) is 1. The molecule has 27 nitrogen and oxygen atoms in total. The number of carbonyl (C=O) groups is 4. The molecule has 3 heterocycles. The number of hydrogen-bond acceptors (Lipinski definition) is 26. The van der Waals surface area contributed by atoms with E-state index in [4.69, 9.17) is 48.5 Å². The van der Waals surface area contributed by atoms with Crippen molar-refractivity contribution in [1.29, 1.82) is 0 Å². The summed E-state index contributed by atoms with van der Waals surface area (Å²) in [6.07, 6.45) is -9.17.